The van der Waals surface area contributed by atoms with Crippen LogP contribution in [-0.2, 0) is 4.74 Å². The SMILES string of the molecule is O=C(N/N=C/c1ccncc1)OC(c1ccccc1)c1ccccc1. The second-order valence-corrected chi connectivity index (χ2v) is 5.26. The van der Waals surface area contributed by atoms with E-state index in [0.29, 0.717) is 0 Å². The summed E-state index contributed by atoms with van der Waals surface area (Å²) in [6.45, 7) is 0. The number of rotatable bonds is 5. The first kappa shape index (κ1) is 16.4. The van der Waals surface area contributed by atoms with E-state index in [2.05, 4.69) is 15.5 Å². The molecule has 124 valence electrons. The molecule has 5 heteroatoms. The highest BCUT2D eigenvalue weighted by Gasteiger charge is 2.18. The highest BCUT2D eigenvalue weighted by molar-refractivity contribution is 5.80. The molecule has 0 aliphatic rings. The van der Waals surface area contributed by atoms with E-state index in [9.17, 15) is 4.79 Å². The van der Waals surface area contributed by atoms with Gasteiger partial charge in [-0.2, -0.15) is 5.10 Å². The molecule has 0 saturated heterocycles. The number of ether oxygens (including phenoxy) is 1. The lowest BCUT2D eigenvalue weighted by atomic mass is 10.0. The molecule has 1 heterocycles. The van der Waals surface area contributed by atoms with Crippen molar-refractivity contribution in [1.29, 1.82) is 0 Å². The number of aromatic nitrogens is 1. The summed E-state index contributed by atoms with van der Waals surface area (Å²) in [6.07, 6.45) is 3.71. The lowest BCUT2D eigenvalue weighted by Crippen LogP contribution is -2.22. The fourth-order valence-corrected chi connectivity index (χ4v) is 2.33. The van der Waals surface area contributed by atoms with Gasteiger partial charge in [0.2, 0.25) is 0 Å². The van der Waals surface area contributed by atoms with Crippen LogP contribution in [0.5, 0.6) is 0 Å². The normalized spacial score (nSPS) is 10.8. The van der Waals surface area contributed by atoms with Gasteiger partial charge >= 0.3 is 6.09 Å². The summed E-state index contributed by atoms with van der Waals surface area (Å²) in [5.74, 6) is 0. The summed E-state index contributed by atoms with van der Waals surface area (Å²) in [5, 5.41) is 3.90. The van der Waals surface area contributed by atoms with E-state index < -0.39 is 12.2 Å². The first-order valence-electron chi connectivity index (χ1n) is 7.82. The molecule has 2 aromatic carbocycles. The summed E-state index contributed by atoms with van der Waals surface area (Å²) in [4.78, 5) is 16.1. The second-order valence-electron chi connectivity index (χ2n) is 5.26. The van der Waals surface area contributed by atoms with Crippen molar-refractivity contribution in [3.05, 3.63) is 102 Å². The predicted octanol–water partition coefficient (Wildman–Crippen LogP) is 3.93. The first-order valence-corrected chi connectivity index (χ1v) is 7.82. The Labute approximate surface area is 146 Å². The van der Waals surface area contributed by atoms with Gasteiger partial charge in [0.1, 0.15) is 0 Å². The Hall–Kier alpha value is -3.47. The zero-order chi connectivity index (χ0) is 17.3. The number of hydrazone groups is 1. The van der Waals surface area contributed by atoms with Gasteiger partial charge in [-0.25, -0.2) is 10.2 Å². The molecule has 0 spiro atoms. The molecule has 3 aromatic rings. The van der Waals surface area contributed by atoms with Crippen molar-refractivity contribution >= 4 is 12.3 Å². The molecule has 0 aliphatic carbocycles. The summed E-state index contributed by atoms with van der Waals surface area (Å²) in [6, 6.07) is 22.7. The Bertz CT molecular complexity index is 782. The van der Waals surface area contributed by atoms with E-state index in [-0.39, 0.29) is 0 Å². The summed E-state index contributed by atoms with van der Waals surface area (Å²) in [7, 11) is 0. The van der Waals surface area contributed by atoms with Crippen LogP contribution in [0, 0.1) is 0 Å². The fraction of sp³-hybridized carbons (Fsp3) is 0.0500. The smallest absolute Gasteiger partial charge is 0.428 e. The van der Waals surface area contributed by atoms with E-state index in [1.165, 1.54) is 6.21 Å². The molecule has 1 aromatic heterocycles. The van der Waals surface area contributed by atoms with Crippen molar-refractivity contribution in [2.75, 3.05) is 0 Å². The number of nitrogens with zero attached hydrogens (tertiary/aromatic N) is 2. The van der Waals surface area contributed by atoms with Gasteiger partial charge in [0.15, 0.2) is 6.10 Å². The standard InChI is InChI=1S/C20H17N3O2/c24-20(23-22-15-16-11-13-21-14-12-16)25-19(17-7-3-1-4-8-17)18-9-5-2-6-10-18/h1-15,19H,(H,23,24)/b22-15+. The number of nitrogens with one attached hydrogen (secondary N) is 1. The number of carbonyl (C=O) groups excluding carboxylic acids is 1. The number of hydrogen-bond donors (Lipinski definition) is 1. The quantitative estimate of drug-likeness (QED) is 0.569. The zero-order valence-electron chi connectivity index (χ0n) is 13.4. The Kier molecular flexibility index (Phi) is 5.51. The molecule has 0 unspecified atom stereocenters. The molecule has 3 rings (SSSR count). The maximum atomic E-state index is 12.1. The van der Waals surface area contributed by atoms with E-state index in [1.54, 1.807) is 24.5 Å². The van der Waals surface area contributed by atoms with Crippen LogP contribution in [0.2, 0.25) is 0 Å². The Morgan fingerprint density at radius 3 is 2.04 bits per heavy atom. The van der Waals surface area contributed by atoms with Gasteiger partial charge < -0.3 is 4.74 Å². The average Bonchev–Trinajstić information content (AvgIpc) is 2.68. The zero-order valence-corrected chi connectivity index (χ0v) is 13.4. The molecule has 5 nitrogen and oxygen atoms in total. The number of amides is 1. The van der Waals surface area contributed by atoms with Crippen molar-refractivity contribution in [3.8, 4) is 0 Å². The molecule has 0 saturated carbocycles. The largest absolute Gasteiger partial charge is 0.435 e. The number of benzene rings is 2. The van der Waals surface area contributed by atoms with Crippen LogP contribution in [0.3, 0.4) is 0 Å². The van der Waals surface area contributed by atoms with Crippen LogP contribution in [0.1, 0.15) is 22.8 Å². The van der Waals surface area contributed by atoms with Gasteiger partial charge in [-0.15, -0.1) is 0 Å². The second kappa shape index (κ2) is 8.40. The molecule has 0 atom stereocenters. The molecule has 1 N–H and O–H groups in total. The minimum absolute atomic E-state index is 0.501. The maximum absolute atomic E-state index is 12.1. The minimum Gasteiger partial charge on any atom is -0.435 e. The van der Waals surface area contributed by atoms with E-state index in [0.717, 1.165) is 16.7 Å². The third-order valence-corrected chi connectivity index (χ3v) is 3.51. The lowest BCUT2D eigenvalue weighted by molar-refractivity contribution is 0.117. The van der Waals surface area contributed by atoms with Crippen LogP contribution in [-0.4, -0.2) is 17.3 Å². The summed E-state index contributed by atoms with van der Waals surface area (Å²) in [5.41, 5.74) is 5.00. The minimum atomic E-state index is -0.622. The van der Waals surface area contributed by atoms with Crippen molar-refractivity contribution in [2.24, 2.45) is 5.10 Å². The maximum Gasteiger partial charge on any atom is 0.428 e. The van der Waals surface area contributed by atoms with Crippen LogP contribution in [0.4, 0.5) is 4.79 Å². The Morgan fingerprint density at radius 1 is 0.920 bits per heavy atom. The van der Waals surface area contributed by atoms with Gasteiger partial charge in [-0.3, -0.25) is 4.98 Å². The molecule has 25 heavy (non-hydrogen) atoms. The van der Waals surface area contributed by atoms with Crippen LogP contribution >= 0.6 is 0 Å². The van der Waals surface area contributed by atoms with Crippen molar-refractivity contribution < 1.29 is 9.53 Å². The molecule has 0 radical (unpaired) electrons. The van der Waals surface area contributed by atoms with E-state index in [4.69, 9.17) is 4.74 Å². The van der Waals surface area contributed by atoms with Gasteiger partial charge in [-0.1, -0.05) is 60.7 Å². The van der Waals surface area contributed by atoms with Gasteiger partial charge in [0.05, 0.1) is 6.21 Å². The van der Waals surface area contributed by atoms with Crippen LogP contribution < -0.4 is 5.43 Å². The number of hydrogen-bond acceptors (Lipinski definition) is 4. The average molecular weight is 331 g/mol. The third-order valence-electron chi connectivity index (χ3n) is 3.51. The third kappa shape index (κ3) is 4.75. The van der Waals surface area contributed by atoms with Gasteiger partial charge in [-0.05, 0) is 28.8 Å². The molecular weight excluding hydrogens is 314 g/mol. The first-order chi connectivity index (χ1) is 12.3. The highest BCUT2D eigenvalue weighted by Crippen LogP contribution is 2.25. The molecule has 1 amide bonds. The fourth-order valence-electron chi connectivity index (χ4n) is 2.33. The highest BCUT2D eigenvalue weighted by atomic mass is 16.6. The van der Waals surface area contributed by atoms with Crippen LogP contribution in [0.25, 0.3) is 0 Å². The Morgan fingerprint density at radius 2 is 1.48 bits per heavy atom. The van der Waals surface area contributed by atoms with Gasteiger partial charge in [0, 0.05) is 12.4 Å². The molecule has 0 fully saturated rings. The predicted molar refractivity (Wildman–Crippen MR) is 96.2 cm³/mol. The van der Waals surface area contributed by atoms with E-state index >= 15 is 0 Å². The van der Waals surface area contributed by atoms with Gasteiger partial charge in [0.25, 0.3) is 0 Å². The molecule has 0 bridgehead atoms. The monoisotopic (exact) mass is 331 g/mol. The summed E-state index contributed by atoms with van der Waals surface area (Å²) < 4.78 is 5.58. The number of carbonyl (C=O) groups is 1. The lowest BCUT2D eigenvalue weighted by Gasteiger charge is -2.18. The summed E-state index contributed by atoms with van der Waals surface area (Å²) >= 11 is 0. The molecule has 0 aliphatic heterocycles. The number of pyridine rings is 1. The van der Waals surface area contributed by atoms with Crippen molar-refractivity contribution in [2.45, 2.75) is 6.10 Å². The molecular formula is C20H17N3O2. The van der Waals surface area contributed by atoms with Crippen molar-refractivity contribution in [1.82, 2.24) is 10.4 Å². The van der Waals surface area contributed by atoms with E-state index in [1.807, 2.05) is 60.7 Å². The van der Waals surface area contributed by atoms with Crippen molar-refractivity contribution in [3.63, 3.8) is 0 Å². The topological polar surface area (TPSA) is 63.6 Å². The Balaban J connectivity index is 1.70. The van der Waals surface area contributed by atoms with Crippen LogP contribution in [0.15, 0.2) is 90.3 Å².